The molecule has 0 fully saturated rings. The summed E-state index contributed by atoms with van der Waals surface area (Å²) in [6.45, 7) is 3.33. The van der Waals surface area contributed by atoms with Gasteiger partial charge < -0.3 is 30.6 Å². The van der Waals surface area contributed by atoms with Gasteiger partial charge in [-0.3, -0.25) is 19.6 Å². The van der Waals surface area contributed by atoms with Crippen LogP contribution in [0.1, 0.15) is 0 Å². The Labute approximate surface area is 189 Å². The zero-order valence-corrected chi connectivity index (χ0v) is 18.5. The highest BCUT2D eigenvalue weighted by atomic mass is 16.3. The molecule has 0 atom stereocenters. The molecule has 6 N–H and O–H groups in total. The van der Waals surface area contributed by atoms with Crippen LogP contribution in [0.4, 0.5) is 0 Å². The standard InChI is InChI=1S/C23H29N5O5/c1-27(11-13-30)9-10-28-15-3-2-14(25-7-6-24-8-12-29)18-19(15)22(26-28)20-16(31)4-5-17(32)21(20)23(18)33/h2-5,24,26,29-30,32-33H,6-13H2,1H3. The molecular weight excluding hydrogens is 426 g/mol. The van der Waals surface area contributed by atoms with Gasteiger partial charge in [-0.25, -0.2) is 0 Å². The first-order valence-electron chi connectivity index (χ1n) is 10.9. The molecule has 0 aliphatic carbocycles. The van der Waals surface area contributed by atoms with Crippen molar-refractivity contribution in [3.63, 3.8) is 0 Å². The number of aromatic amines is 1. The lowest BCUT2D eigenvalue weighted by Gasteiger charge is -2.15. The SMILES string of the molecule is CN(CCO)CCn1[nH]c2c3c(=O)ccc(O)c3c(O)c3c(=NCCNCCO)ccc1c32. The number of aliphatic hydroxyl groups is 2. The van der Waals surface area contributed by atoms with E-state index in [1.807, 2.05) is 28.8 Å². The lowest BCUT2D eigenvalue weighted by atomic mass is 9.99. The van der Waals surface area contributed by atoms with Gasteiger partial charge in [-0.1, -0.05) is 0 Å². The molecule has 1 aromatic heterocycles. The third-order valence-corrected chi connectivity index (χ3v) is 5.86. The van der Waals surface area contributed by atoms with E-state index in [4.69, 9.17) is 10.2 Å². The third kappa shape index (κ3) is 4.25. The Morgan fingerprint density at radius 1 is 1.00 bits per heavy atom. The van der Waals surface area contributed by atoms with Crippen molar-refractivity contribution >= 4 is 32.6 Å². The molecule has 33 heavy (non-hydrogen) atoms. The molecule has 0 radical (unpaired) electrons. The van der Waals surface area contributed by atoms with Gasteiger partial charge in [0.05, 0.1) is 58.9 Å². The number of H-pyrrole nitrogens is 1. The molecule has 0 bridgehead atoms. The molecule has 176 valence electrons. The Hall–Kier alpha value is -3.18. The number of nitrogens with zero attached hydrogens (tertiary/aromatic N) is 3. The van der Waals surface area contributed by atoms with E-state index < -0.39 is 0 Å². The molecule has 0 aliphatic heterocycles. The number of aromatic nitrogens is 2. The van der Waals surface area contributed by atoms with Crippen molar-refractivity contribution in [3.8, 4) is 11.5 Å². The minimum atomic E-state index is -0.303. The molecule has 10 nitrogen and oxygen atoms in total. The van der Waals surface area contributed by atoms with Crippen LogP contribution in [0, 0.1) is 0 Å². The highest BCUT2D eigenvalue weighted by Crippen LogP contribution is 2.41. The number of rotatable bonds is 10. The summed E-state index contributed by atoms with van der Waals surface area (Å²) in [7, 11) is 1.91. The number of hydrogen-bond acceptors (Lipinski definition) is 8. The lowest BCUT2D eigenvalue weighted by Crippen LogP contribution is -2.26. The Kier molecular flexibility index (Phi) is 6.80. The Morgan fingerprint density at radius 3 is 2.58 bits per heavy atom. The lowest BCUT2D eigenvalue weighted by molar-refractivity contribution is 0.216. The van der Waals surface area contributed by atoms with Gasteiger partial charge in [0.25, 0.3) is 0 Å². The Bertz CT molecular complexity index is 1390. The summed E-state index contributed by atoms with van der Waals surface area (Å²) in [5.74, 6) is -0.354. The van der Waals surface area contributed by atoms with E-state index in [2.05, 4.69) is 15.4 Å². The Balaban J connectivity index is 1.95. The largest absolute Gasteiger partial charge is 0.507 e. The predicted octanol–water partition coefficient (Wildman–Crippen LogP) is -0.108. The number of nitrogens with one attached hydrogen (secondary N) is 2. The molecule has 0 saturated carbocycles. The van der Waals surface area contributed by atoms with Gasteiger partial charge in [-0.15, -0.1) is 0 Å². The van der Waals surface area contributed by atoms with Crippen LogP contribution < -0.4 is 16.1 Å². The van der Waals surface area contributed by atoms with Crippen molar-refractivity contribution in [2.45, 2.75) is 6.54 Å². The summed E-state index contributed by atoms with van der Waals surface area (Å²) in [5.41, 5.74) is 1.03. The van der Waals surface area contributed by atoms with Crippen LogP contribution in [-0.4, -0.2) is 88.1 Å². The predicted molar refractivity (Wildman–Crippen MR) is 127 cm³/mol. The van der Waals surface area contributed by atoms with Gasteiger partial charge in [0, 0.05) is 31.6 Å². The van der Waals surface area contributed by atoms with E-state index in [0.29, 0.717) is 60.9 Å². The smallest absolute Gasteiger partial charge is 0.189 e. The van der Waals surface area contributed by atoms with Crippen LogP contribution in [0.2, 0.25) is 0 Å². The van der Waals surface area contributed by atoms with Crippen molar-refractivity contribution in [1.29, 1.82) is 0 Å². The minimum Gasteiger partial charge on any atom is -0.507 e. The van der Waals surface area contributed by atoms with Gasteiger partial charge in [0.1, 0.15) is 11.5 Å². The van der Waals surface area contributed by atoms with Gasteiger partial charge in [-0.2, -0.15) is 0 Å². The second-order valence-corrected chi connectivity index (χ2v) is 8.06. The van der Waals surface area contributed by atoms with Crippen molar-refractivity contribution in [1.82, 2.24) is 20.0 Å². The first-order valence-corrected chi connectivity index (χ1v) is 10.9. The fourth-order valence-electron chi connectivity index (χ4n) is 4.24. The van der Waals surface area contributed by atoms with Crippen molar-refractivity contribution in [2.24, 2.45) is 4.99 Å². The monoisotopic (exact) mass is 455 g/mol. The average molecular weight is 456 g/mol. The third-order valence-electron chi connectivity index (χ3n) is 5.86. The van der Waals surface area contributed by atoms with Crippen LogP contribution in [0.5, 0.6) is 11.5 Å². The van der Waals surface area contributed by atoms with Crippen LogP contribution >= 0.6 is 0 Å². The van der Waals surface area contributed by atoms with Crippen molar-refractivity contribution in [3.05, 3.63) is 39.8 Å². The average Bonchev–Trinajstić information content (AvgIpc) is 3.16. The number of aliphatic hydroxyl groups excluding tert-OH is 2. The highest BCUT2D eigenvalue weighted by Gasteiger charge is 2.22. The van der Waals surface area contributed by atoms with Crippen LogP contribution in [-0.2, 0) is 6.54 Å². The Morgan fingerprint density at radius 2 is 1.82 bits per heavy atom. The maximum Gasteiger partial charge on any atom is 0.189 e. The molecule has 0 unspecified atom stereocenters. The second kappa shape index (κ2) is 9.75. The quantitative estimate of drug-likeness (QED) is 0.144. The summed E-state index contributed by atoms with van der Waals surface area (Å²) < 4.78 is 1.90. The van der Waals surface area contributed by atoms with E-state index in [0.717, 1.165) is 5.52 Å². The maximum absolute atomic E-state index is 12.8. The molecule has 4 aromatic rings. The molecule has 0 saturated heterocycles. The van der Waals surface area contributed by atoms with Gasteiger partial charge in [-0.05, 0) is 31.3 Å². The number of likely N-dealkylation sites (N-methyl/N-ethyl adjacent to an activating group) is 1. The molecular formula is C23H29N5O5. The van der Waals surface area contributed by atoms with Crippen molar-refractivity contribution < 1.29 is 20.4 Å². The first-order chi connectivity index (χ1) is 16.0. The van der Waals surface area contributed by atoms with Crippen LogP contribution in [0.15, 0.2) is 34.1 Å². The van der Waals surface area contributed by atoms with Crippen LogP contribution in [0.3, 0.4) is 0 Å². The summed E-state index contributed by atoms with van der Waals surface area (Å²) in [6, 6.07) is 6.30. The number of fused-ring (bicyclic) bond motifs is 2. The molecule has 0 aliphatic rings. The van der Waals surface area contributed by atoms with E-state index in [-0.39, 0.29) is 40.9 Å². The van der Waals surface area contributed by atoms with Gasteiger partial charge in [0.2, 0.25) is 0 Å². The second-order valence-electron chi connectivity index (χ2n) is 8.06. The number of aromatic hydroxyl groups is 2. The summed E-state index contributed by atoms with van der Waals surface area (Å²) in [5, 5.41) is 48.2. The number of benzene rings is 3. The zero-order valence-electron chi connectivity index (χ0n) is 18.5. The van der Waals surface area contributed by atoms with Gasteiger partial charge >= 0.3 is 0 Å². The fourth-order valence-corrected chi connectivity index (χ4v) is 4.24. The van der Waals surface area contributed by atoms with E-state index in [9.17, 15) is 15.0 Å². The molecule has 4 rings (SSSR count). The number of phenols is 2. The van der Waals surface area contributed by atoms with E-state index >= 15 is 0 Å². The van der Waals surface area contributed by atoms with E-state index in [1.54, 1.807) is 0 Å². The van der Waals surface area contributed by atoms with Crippen LogP contribution in [0.25, 0.3) is 32.6 Å². The fraction of sp³-hybridized carbons (Fsp3) is 0.391. The highest BCUT2D eigenvalue weighted by molar-refractivity contribution is 6.23. The molecule has 10 heteroatoms. The zero-order chi connectivity index (χ0) is 23.5. The molecule has 1 heterocycles. The summed E-state index contributed by atoms with van der Waals surface area (Å²) in [6.07, 6.45) is 0. The molecule has 0 spiro atoms. The normalized spacial score (nSPS) is 12.8. The molecule has 0 amide bonds. The van der Waals surface area contributed by atoms with Crippen molar-refractivity contribution in [2.75, 3.05) is 53.0 Å². The molecule has 3 aromatic carbocycles. The summed E-state index contributed by atoms with van der Waals surface area (Å²) >= 11 is 0. The first kappa shape index (κ1) is 23.0. The topological polar surface area (TPSA) is 146 Å². The van der Waals surface area contributed by atoms with E-state index in [1.165, 1.54) is 12.1 Å². The minimum absolute atomic E-state index is 0.0412. The number of phenolic OH excluding ortho intramolecular Hbond substituents is 2. The maximum atomic E-state index is 12.8. The van der Waals surface area contributed by atoms with Gasteiger partial charge in [0.15, 0.2) is 5.43 Å². The number of hydrogen-bond donors (Lipinski definition) is 6. The summed E-state index contributed by atoms with van der Waals surface area (Å²) in [4.78, 5) is 19.4.